The molecule has 0 atom stereocenters. The number of amides is 2. The molecule has 3 N–H and O–H groups in total. The van der Waals surface area contributed by atoms with Gasteiger partial charge in [-0.2, -0.15) is 0 Å². The van der Waals surface area contributed by atoms with Gasteiger partial charge in [0.25, 0.3) is 5.91 Å². The van der Waals surface area contributed by atoms with Crippen LogP contribution in [0.4, 0.5) is 5.69 Å². The third-order valence-electron chi connectivity index (χ3n) is 5.10. The van der Waals surface area contributed by atoms with Crippen molar-refractivity contribution in [3.63, 3.8) is 0 Å². The van der Waals surface area contributed by atoms with Gasteiger partial charge < -0.3 is 15.4 Å². The van der Waals surface area contributed by atoms with Gasteiger partial charge in [0.2, 0.25) is 5.91 Å². The predicted octanol–water partition coefficient (Wildman–Crippen LogP) is 4.28. The molecular weight excluding hydrogens is 410 g/mol. The molecule has 0 unspecified atom stereocenters. The topological polar surface area (TPSA) is 79.5 Å². The molecule has 0 saturated heterocycles. The molecule has 2 amide bonds. The zero-order valence-electron chi connectivity index (χ0n) is 17.5. The lowest BCUT2D eigenvalue weighted by atomic mass is 9.95. The van der Waals surface area contributed by atoms with E-state index in [0.29, 0.717) is 11.3 Å². The molecule has 1 aliphatic rings. The minimum Gasteiger partial charge on any atom is -0.497 e. The molecule has 1 aliphatic carbocycles. The van der Waals surface area contributed by atoms with Crippen molar-refractivity contribution in [2.24, 2.45) is 0 Å². The van der Waals surface area contributed by atoms with E-state index in [-0.39, 0.29) is 23.0 Å². The number of benzene rings is 2. The number of carbonyl (C=O) groups is 2. The van der Waals surface area contributed by atoms with Crippen LogP contribution in [0.1, 0.15) is 48.0 Å². The van der Waals surface area contributed by atoms with E-state index in [0.717, 1.165) is 37.0 Å². The van der Waals surface area contributed by atoms with E-state index in [1.807, 2.05) is 24.3 Å². The van der Waals surface area contributed by atoms with Crippen LogP contribution in [0.15, 0.2) is 54.6 Å². The van der Waals surface area contributed by atoms with Gasteiger partial charge >= 0.3 is 0 Å². The Kier molecular flexibility index (Phi) is 8.18. The smallest absolute Gasteiger partial charge is 0.251 e. The second kappa shape index (κ2) is 11.3. The lowest BCUT2D eigenvalue weighted by molar-refractivity contribution is -0.115. The van der Waals surface area contributed by atoms with Crippen LogP contribution >= 0.6 is 12.2 Å². The summed E-state index contributed by atoms with van der Waals surface area (Å²) >= 11 is 5.22. The van der Waals surface area contributed by atoms with Gasteiger partial charge in [0.05, 0.1) is 7.11 Å². The van der Waals surface area contributed by atoms with Crippen molar-refractivity contribution >= 4 is 40.9 Å². The second-order valence-corrected chi connectivity index (χ2v) is 7.85. The van der Waals surface area contributed by atoms with Gasteiger partial charge in [-0.15, -0.1) is 0 Å². The molecular formula is C24H27N3O3S. The number of hydrogen-bond donors (Lipinski definition) is 3. The highest BCUT2D eigenvalue weighted by molar-refractivity contribution is 7.80. The van der Waals surface area contributed by atoms with Gasteiger partial charge in [-0.3, -0.25) is 14.9 Å². The maximum atomic E-state index is 12.5. The van der Waals surface area contributed by atoms with Crippen LogP contribution in [0.2, 0.25) is 0 Å². The summed E-state index contributed by atoms with van der Waals surface area (Å²) in [7, 11) is 1.60. The Balaban J connectivity index is 1.51. The number of ether oxygens (including phenoxy) is 1. The van der Waals surface area contributed by atoms with Crippen LogP contribution in [0.25, 0.3) is 6.08 Å². The first-order chi connectivity index (χ1) is 15.0. The quantitative estimate of drug-likeness (QED) is 0.464. The molecule has 2 aromatic rings. The molecule has 0 heterocycles. The Bertz CT molecular complexity index is 951. The van der Waals surface area contributed by atoms with Crippen molar-refractivity contribution in [3.05, 3.63) is 65.7 Å². The minimum absolute atomic E-state index is 0.0899. The summed E-state index contributed by atoms with van der Waals surface area (Å²) in [5.74, 6) is 0.314. The van der Waals surface area contributed by atoms with E-state index in [9.17, 15) is 9.59 Å². The molecule has 1 saturated carbocycles. The third-order valence-corrected chi connectivity index (χ3v) is 5.31. The van der Waals surface area contributed by atoms with Crippen LogP contribution in [0.5, 0.6) is 5.75 Å². The van der Waals surface area contributed by atoms with E-state index < -0.39 is 0 Å². The fourth-order valence-electron chi connectivity index (χ4n) is 3.46. The zero-order chi connectivity index (χ0) is 22.1. The Labute approximate surface area is 188 Å². The number of nitrogens with one attached hydrogen (secondary N) is 3. The van der Waals surface area contributed by atoms with Gasteiger partial charge in [-0.25, -0.2) is 0 Å². The number of carbonyl (C=O) groups excluding carboxylic acids is 2. The lowest BCUT2D eigenvalue weighted by Crippen LogP contribution is -2.36. The molecule has 162 valence electrons. The molecule has 1 fully saturated rings. The zero-order valence-corrected chi connectivity index (χ0v) is 18.3. The van der Waals surface area contributed by atoms with Gasteiger partial charge in [-0.05, 0) is 67.0 Å². The van der Waals surface area contributed by atoms with Crippen molar-refractivity contribution in [2.75, 3.05) is 12.4 Å². The average molecular weight is 438 g/mol. The summed E-state index contributed by atoms with van der Waals surface area (Å²) in [4.78, 5) is 24.7. The molecule has 0 aromatic heterocycles. The maximum Gasteiger partial charge on any atom is 0.251 e. The van der Waals surface area contributed by atoms with Gasteiger partial charge in [-0.1, -0.05) is 37.5 Å². The first kappa shape index (κ1) is 22.5. The van der Waals surface area contributed by atoms with Crippen molar-refractivity contribution in [1.29, 1.82) is 0 Å². The van der Waals surface area contributed by atoms with Crippen molar-refractivity contribution in [3.8, 4) is 5.75 Å². The highest BCUT2D eigenvalue weighted by atomic mass is 32.1. The number of anilines is 1. The number of methoxy groups -OCH3 is 1. The van der Waals surface area contributed by atoms with Crippen molar-refractivity contribution in [2.45, 2.75) is 38.1 Å². The Morgan fingerprint density at radius 1 is 1.06 bits per heavy atom. The van der Waals surface area contributed by atoms with Crippen molar-refractivity contribution in [1.82, 2.24) is 10.6 Å². The van der Waals surface area contributed by atoms with Gasteiger partial charge in [0.1, 0.15) is 5.75 Å². The molecule has 0 radical (unpaired) electrons. The van der Waals surface area contributed by atoms with Crippen LogP contribution < -0.4 is 20.7 Å². The maximum absolute atomic E-state index is 12.5. The van der Waals surface area contributed by atoms with Gasteiger partial charge in [0.15, 0.2) is 5.11 Å². The first-order valence-electron chi connectivity index (χ1n) is 10.4. The summed E-state index contributed by atoms with van der Waals surface area (Å²) in [6.07, 6.45) is 8.72. The van der Waals surface area contributed by atoms with Gasteiger partial charge in [0, 0.05) is 23.4 Å². The Hall–Kier alpha value is -3.19. The third kappa shape index (κ3) is 7.22. The Morgan fingerprint density at radius 2 is 1.81 bits per heavy atom. The first-order valence-corrected chi connectivity index (χ1v) is 10.8. The monoisotopic (exact) mass is 437 g/mol. The highest BCUT2D eigenvalue weighted by Crippen LogP contribution is 2.18. The molecule has 0 aliphatic heterocycles. The fourth-order valence-corrected chi connectivity index (χ4v) is 3.68. The van der Waals surface area contributed by atoms with Crippen LogP contribution in [-0.2, 0) is 4.79 Å². The summed E-state index contributed by atoms with van der Waals surface area (Å²) in [5.41, 5.74) is 2.07. The molecule has 7 heteroatoms. The summed E-state index contributed by atoms with van der Waals surface area (Å²) in [6, 6.07) is 14.7. The van der Waals surface area contributed by atoms with E-state index in [1.54, 1.807) is 37.5 Å². The average Bonchev–Trinajstić information content (AvgIpc) is 2.79. The standard InChI is InChI=1S/C24H27N3O3S/c1-30-21-13-10-17(11-14-21)12-15-22(28)27-24(31)26-20-9-5-6-18(16-20)23(29)25-19-7-3-2-4-8-19/h5-6,9-16,19H,2-4,7-8H2,1H3,(H,25,29)(H2,26,27,28,31)/b15-12+. The van der Waals surface area contributed by atoms with Crippen LogP contribution in [0, 0.1) is 0 Å². The molecule has 3 rings (SSSR count). The largest absolute Gasteiger partial charge is 0.497 e. The molecule has 0 bridgehead atoms. The molecule has 31 heavy (non-hydrogen) atoms. The highest BCUT2D eigenvalue weighted by Gasteiger charge is 2.16. The van der Waals surface area contributed by atoms with Crippen molar-refractivity contribution < 1.29 is 14.3 Å². The summed E-state index contributed by atoms with van der Waals surface area (Å²) in [5, 5.41) is 8.82. The Morgan fingerprint density at radius 3 is 2.52 bits per heavy atom. The van der Waals surface area contributed by atoms with E-state index >= 15 is 0 Å². The SMILES string of the molecule is COc1ccc(/C=C/C(=O)NC(=S)Nc2cccc(C(=O)NC3CCCCC3)c2)cc1. The molecule has 0 spiro atoms. The normalized spacial score (nSPS) is 14.1. The number of rotatable bonds is 6. The number of thiocarbonyl (C=S) groups is 1. The summed E-state index contributed by atoms with van der Waals surface area (Å²) in [6.45, 7) is 0. The number of hydrogen-bond acceptors (Lipinski definition) is 4. The summed E-state index contributed by atoms with van der Waals surface area (Å²) < 4.78 is 5.11. The lowest BCUT2D eigenvalue weighted by Gasteiger charge is -2.22. The fraction of sp³-hybridized carbons (Fsp3) is 0.292. The molecule has 2 aromatic carbocycles. The van der Waals surface area contributed by atoms with E-state index in [4.69, 9.17) is 17.0 Å². The molecule has 6 nitrogen and oxygen atoms in total. The van der Waals surface area contributed by atoms with Crippen LogP contribution in [0.3, 0.4) is 0 Å². The minimum atomic E-state index is -0.348. The second-order valence-electron chi connectivity index (χ2n) is 7.44. The van der Waals surface area contributed by atoms with E-state index in [1.165, 1.54) is 12.5 Å². The van der Waals surface area contributed by atoms with E-state index in [2.05, 4.69) is 16.0 Å². The van der Waals surface area contributed by atoms with Crippen LogP contribution in [-0.4, -0.2) is 30.1 Å². The predicted molar refractivity (Wildman–Crippen MR) is 127 cm³/mol.